The standard InChI is InChI=1S/C15H20F2N2O2/c1-9-6-11(7-10(2)13(9)21-15(16)17)14(20)19-5-3-4-12(19)8-18/h6-7,12,15H,3-5,8,18H2,1-2H3. The van der Waals surface area contributed by atoms with Crippen molar-refractivity contribution in [2.45, 2.75) is 39.3 Å². The molecule has 1 saturated heterocycles. The second-order valence-electron chi connectivity index (χ2n) is 5.35. The lowest BCUT2D eigenvalue weighted by Crippen LogP contribution is -2.39. The predicted octanol–water partition coefficient (Wildman–Crippen LogP) is 2.47. The lowest BCUT2D eigenvalue weighted by atomic mass is 10.0. The molecule has 6 heteroatoms. The Morgan fingerprint density at radius 1 is 1.43 bits per heavy atom. The highest BCUT2D eigenvalue weighted by atomic mass is 19.3. The summed E-state index contributed by atoms with van der Waals surface area (Å²) in [7, 11) is 0. The third-order valence-electron chi connectivity index (χ3n) is 3.82. The van der Waals surface area contributed by atoms with E-state index in [1.807, 2.05) is 0 Å². The van der Waals surface area contributed by atoms with Gasteiger partial charge in [-0.2, -0.15) is 8.78 Å². The van der Waals surface area contributed by atoms with Crippen LogP contribution in [0.25, 0.3) is 0 Å². The molecule has 0 bridgehead atoms. The molecule has 4 nitrogen and oxygen atoms in total. The molecule has 1 unspecified atom stereocenters. The number of aryl methyl sites for hydroxylation is 2. The van der Waals surface area contributed by atoms with Gasteiger partial charge in [-0.25, -0.2) is 0 Å². The van der Waals surface area contributed by atoms with Crippen LogP contribution in [0.4, 0.5) is 8.78 Å². The average molecular weight is 298 g/mol. The molecule has 1 atom stereocenters. The molecule has 0 aliphatic carbocycles. The van der Waals surface area contributed by atoms with Gasteiger partial charge in [0.1, 0.15) is 5.75 Å². The lowest BCUT2D eigenvalue weighted by Gasteiger charge is -2.24. The molecular weight excluding hydrogens is 278 g/mol. The Kier molecular flexibility index (Phi) is 4.77. The summed E-state index contributed by atoms with van der Waals surface area (Å²) in [5, 5.41) is 0. The number of alkyl halides is 2. The molecule has 21 heavy (non-hydrogen) atoms. The van der Waals surface area contributed by atoms with Gasteiger partial charge in [0.05, 0.1) is 0 Å². The van der Waals surface area contributed by atoms with Crippen LogP contribution in [0.15, 0.2) is 12.1 Å². The van der Waals surface area contributed by atoms with Crippen molar-refractivity contribution in [1.29, 1.82) is 0 Å². The fourth-order valence-electron chi connectivity index (χ4n) is 2.86. The van der Waals surface area contributed by atoms with Crippen LogP contribution in [0.5, 0.6) is 5.75 Å². The van der Waals surface area contributed by atoms with Crippen LogP contribution in [0.3, 0.4) is 0 Å². The maximum absolute atomic E-state index is 12.5. The number of benzene rings is 1. The van der Waals surface area contributed by atoms with Gasteiger partial charge in [-0.1, -0.05) is 0 Å². The smallest absolute Gasteiger partial charge is 0.387 e. The molecule has 1 aliphatic rings. The van der Waals surface area contributed by atoms with Gasteiger partial charge in [0.25, 0.3) is 5.91 Å². The lowest BCUT2D eigenvalue weighted by molar-refractivity contribution is -0.0507. The summed E-state index contributed by atoms with van der Waals surface area (Å²) in [6, 6.07) is 3.26. The van der Waals surface area contributed by atoms with E-state index in [1.165, 1.54) is 0 Å². The van der Waals surface area contributed by atoms with E-state index in [4.69, 9.17) is 5.73 Å². The van der Waals surface area contributed by atoms with Crippen molar-refractivity contribution in [3.63, 3.8) is 0 Å². The monoisotopic (exact) mass is 298 g/mol. The minimum atomic E-state index is -2.87. The summed E-state index contributed by atoms with van der Waals surface area (Å²) in [5.74, 6) is 0.0380. The van der Waals surface area contributed by atoms with Crippen LogP contribution < -0.4 is 10.5 Å². The first-order valence-corrected chi connectivity index (χ1v) is 7.01. The fraction of sp³-hybridized carbons (Fsp3) is 0.533. The van der Waals surface area contributed by atoms with Crippen molar-refractivity contribution in [3.05, 3.63) is 28.8 Å². The number of rotatable bonds is 4. The quantitative estimate of drug-likeness (QED) is 0.929. The summed E-state index contributed by atoms with van der Waals surface area (Å²) in [6.07, 6.45) is 1.85. The summed E-state index contributed by atoms with van der Waals surface area (Å²) in [4.78, 5) is 14.3. The number of likely N-dealkylation sites (tertiary alicyclic amines) is 1. The molecule has 1 aromatic rings. The summed E-state index contributed by atoms with van der Waals surface area (Å²) < 4.78 is 29.2. The Hall–Kier alpha value is -1.69. The Bertz CT molecular complexity index is 511. The van der Waals surface area contributed by atoms with Gasteiger partial charge >= 0.3 is 6.61 Å². The highest BCUT2D eigenvalue weighted by Crippen LogP contribution is 2.28. The van der Waals surface area contributed by atoms with Gasteiger partial charge in [-0.3, -0.25) is 4.79 Å². The van der Waals surface area contributed by atoms with Crippen molar-refractivity contribution >= 4 is 5.91 Å². The second-order valence-corrected chi connectivity index (χ2v) is 5.35. The maximum atomic E-state index is 12.5. The minimum Gasteiger partial charge on any atom is -0.434 e. The summed E-state index contributed by atoms with van der Waals surface area (Å²) >= 11 is 0. The van der Waals surface area contributed by atoms with Crippen LogP contribution in [0.2, 0.25) is 0 Å². The number of ether oxygens (including phenoxy) is 1. The van der Waals surface area contributed by atoms with Gasteiger partial charge < -0.3 is 15.4 Å². The number of carbonyl (C=O) groups excluding carboxylic acids is 1. The van der Waals surface area contributed by atoms with Crippen LogP contribution >= 0.6 is 0 Å². The van der Waals surface area contributed by atoms with Gasteiger partial charge in [-0.05, 0) is 49.9 Å². The van der Waals surface area contributed by atoms with E-state index in [0.29, 0.717) is 29.8 Å². The van der Waals surface area contributed by atoms with Crippen molar-refractivity contribution < 1.29 is 18.3 Å². The predicted molar refractivity (Wildman–Crippen MR) is 75.7 cm³/mol. The highest BCUT2D eigenvalue weighted by Gasteiger charge is 2.28. The van der Waals surface area contributed by atoms with E-state index in [2.05, 4.69) is 4.74 Å². The van der Waals surface area contributed by atoms with Crippen molar-refractivity contribution in [2.24, 2.45) is 5.73 Å². The van der Waals surface area contributed by atoms with Crippen molar-refractivity contribution in [3.8, 4) is 5.75 Å². The average Bonchev–Trinajstić information content (AvgIpc) is 2.89. The van der Waals surface area contributed by atoms with Gasteiger partial charge in [-0.15, -0.1) is 0 Å². The zero-order valence-electron chi connectivity index (χ0n) is 12.2. The Morgan fingerprint density at radius 3 is 2.57 bits per heavy atom. The molecule has 1 amide bonds. The van der Waals surface area contributed by atoms with E-state index >= 15 is 0 Å². The van der Waals surface area contributed by atoms with E-state index in [9.17, 15) is 13.6 Å². The van der Waals surface area contributed by atoms with Crippen LogP contribution in [-0.4, -0.2) is 36.5 Å². The summed E-state index contributed by atoms with van der Waals surface area (Å²) in [6.45, 7) is 1.58. The number of nitrogens with two attached hydrogens (primary N) is 1. The molecule has 0 radical (unpaired) electrons. The number of carbonyl (C=O) groups is 1. The summed E-state index contributed by atoms with van der Waals surface area (Å²) in [5.41, 5.74) is 7.23. The normalized spacial score (nSPS) is 18.4. The number of halogens is 2. The zero-order chi connectivity index (χ0) is 15.6. The molecule has 2 N–H and O–H groups in total. The van der Waals surface area contributed by atoms with Crippen LogP contribution in [0.1, 0.15) is 34.3 Å². The molecule has 1 heterocycles. The molecule has 2 rings (SSSR count). The molecule has 1 fully saturated rings. The van der Waals surface area contributed by atoms with Crippen molar-refractivity contribution in [2.75, 3.05) is 13.1 Å². The third kappa shape index (κ3) is 3.32. The number of hydrogen-bond donors (Lipinski definition) is 1. The van der Waals surface area contributed by atoms with E-state index < -0.39 is 6.61 Å². The minimum absolute atomic E-state index is 0.0649. The molecule has 116 valence electrons. The first kappa shape index (κ1) is 15.7. The third-order valence-corrected chi connectivity index (χ3v) is 3.82. The Labute approximate surface area is 122 Å². The highest BCUT2D eigenvalue weighted by molar-refractivity contribution is 5.95. The molecule has 0 saturated carbocycles. The van der Waals surface area contributed by atoms with E-state index in [0.717, 1.165) is 12.8 Å². The van der Waals surface area contributed by atoms with Gasteiger partial charge in [0.15, 0.2) is 0 Å². The SMILES string of the molecule is Cc1cc(C(=O)N2CCCC2CN)cc(C)c1OC(F)F. The second kappa shape index (κ2) is 6.39. The molecule has 1 aliphatic heterocycles. The number of nitrogens with zero attached hydrogens (tertiary/aromatic N) is 1. The van der Waals surface area contributed by atoms with Crippen LogP contribution in [-0.2, 0) is 0 Å². The fourth-order valence-corrected chi connectivity index (χ4v) is 2.86. The van der Waals surface area contributed by atoms with E-state index in [1.54, 1.807) is 30.9 Å². The van der Waals surface area contributed by atoms with Gasteiger partial charge in [0.2, 0.25) is 0 Å². The number of amides is 1. The Balaban J connectivity index is 2.26. The molecule has 1 aromatic carbocycles. The van der Waals surface area contributed by atoms with Crippen LogP contribution in [0, 0.1) is 13.8 Å². The van der Waals surface area contributed by atoms with Crippen molar-refractivity contribution in [1.82, 2.24) is 4.90 Å². The molecule has 0 spiro atoms. The first-order chi connectivity index (χ1) is 9.93. The molecule has 0 aromatic heterocycles. The topological polar surface area (TPSA) is 55.6 Å². The van der Waals surface area contributed by atoms with Gasteiger partial charge in [0, 0.05) is 24.7 Å². The largest absolute Gasteiger partial charge is 0.434 e. The zero-order valence-corrected chi connectivity index (χ0v) is 12.2. The maximum Gasteiger partial charge on any atom is 0.387 e. The molecular formula is C15H20F2N2O2. The number of hydrogen-bond acceptors (Lipinski definition) is 3. The van der Waals surface area contributed by atoms with E-state index in [-0.39, 0.29) is 17.7 Å². The Morgan fingerprint density at radius 2 is 2.05 bits per heavy atom. The first-order valence-electron chi connectivity index (χ1n) is 7.01.